The van der Waals surface area contributed by atoms with E-state index in [1.54, 1.807) is 25.4 Å². The first-order valence-corrected chi connectivity index (χ1v) is 5.84. The van der Waals surface area contributed by atoms with Gasteiger partial charge in [0.05, 0.1) is 17.8 Å². The quantitative estimate of drug-likeness (QED) is 0.833. The van der Waals surface area contributed by atoms with Crippen LogP contribution < -0.4 is 15.8 Å². The number of benzene rings is 1. The van der Waals surface area contributed by atoms with E-state index < -0.39 is 0 Å². The molecule has 2 rings (SSSR count). The lowest BCUT2D eigenvalue weighted by Crippen LogP contribution is -2.01. The van der Waals surface area contributed by atoms with Crippen molar-refractivity contribution in [2.45, 2.75) is 6.54 Å². The maximum Gasteiger partial charge on any atom is 0.213 e. The first-order chi connectivity index (χ1) is 8.69. The molecule has 0 radical (unpaired) electrons. The van der Waals surface area contributed by atoms with Crippen LogP contribution in [0.2, 0.25) is 5.02 Å². The predicted octanol–water partition coefficient (Wildman–Crippen LogP) is 2.94. The fraction of sp³-hybridized carbons (Fsp3) is 0.154. The van der Waals surface area contributed by atoms with Crippen LogP contribution in [0.4, 0.5) is 11.4 Å². The van der Waals surface area contributed by atoms with Gasteiger partial charge in [-0.05, 0) is 29.8 Å². The van der Waals surface area contributed by atoms with E-state index in [-0.39, 0.29) is 0 Å². The number of nitrogens with zero attached hydrogens (tertiary/aromatic N) is 1. The SMILES string of the molecule is COc1cc(CNc2ccc(N)cc2Cl)ccn1. The Labute approximate surface area is 111 Å². The Balaban J connectivity index is 2.06. The molecule has 3 N–H and O–H groups in total. The first-order valence-electron chi connectivity index (χ1n) is 5.47. The van der Waals surface area contributed by atoms with Crippen molar-refractivity contribution in [2.75, 3.05) is 18.2 Å². The molecule has 18 heavy (non-hydrogen) atoms. The molecule has 0 fully saturated rings. The van der Waals surface area contributed by atoms with Gasteiger partial charge >= 0.3 is 0 Å². The number of methoxy groups -OCH3 is 1. The number of aromatic nitrogens is 1. The molecule has 0 saturated heterocycles. The van der Waals surface area contributed by atoms with E-state index in [0.29, 0.717) is 23.1 Å². The third-order valence-corrected chi connectivity index (χ3v) is 2.80. The summed E-state index contributed by atoms with van der Waals surface area (Å²) in [6, 6.07) is 9.17. The maximum absolute atomic E-state index is 6.07. The Morgan fingerprint density at radius 1 is 1.33 bits per heavy atom. The zero-order chi connectivity index (χ0) is 13.0. The van der Waals surface area contributed by atoms with Crippen molar-refractivity contribution in [1.29, 1.82) is 0 Å². The lowest BCUT2D eigenvalue weighted by Gasteiger charge is -2.09. The summed E-state index contributed by atoms with van der Waals surface area (Å²) in [4.78, 5) is 4.05. The highest BCUT2D eigenvalue weighted by Gasteiger charge is 2.01. The molecule has 0 bridgehead atoms. The summed E-state index contributed by atoms with van der Waals surface area (Å²) < 4.78 is 5.06. The number of rotatable bonds is 4. The zero-order valence-corrected chi connectivity index (χ0v) is 10.7. The Morgan fingerprint density at radius 3 is 2.89 bits per heavy atom. The van der Waals surface area contributed by atoms with Gasteiger partial charge in [0.15, 0.2) is 0 Å². The molecular weight excluding hydrogens is 250 g/mol. The van der Waals surface area contributed by atoms with Crippen LogP contribution in [-0.2, 0) is 6.54 Å². The molecular formula is C13H14ClN3O. The fourth-order valence-electron chi connectivity index (χ4n) is 1.54. The number of nitrogens with one attached hydrogen (secondary N) is 1. The molecule has 1 heterocycles. The van der Waals surface area contributed by atoms with Gasteiger partial charge in [0, 0.05) is 24.5 Å². The second-order valence-electron chi connectivity index (χ2n) is 3.80. The second-order valence-corrected chi connectivity index (χ2v) is 4.21. The molecule has 1 aromatic carbocycles. The fourth-order valence-corrected chi connectivity index (χ4v) is 1.80. The van der Waals surface area contributed by atoms with Crippen LogP contribution in [0.3, 0.4) is 0 Å². The molecule has 1 aromatic heterocycles. The minimum absolute atomic E-state index is 0.595. The van der Waals surface area contributed by atoms with E-state index in [4.69, 9.17) is 22.1 Å². The highest BCUT2D eigenvalue weighted by molar-refractivity contribution is 6.33. The molecule has 2 aromatic rings. The minimum Gasteiger partial charge on any atom is -0.481 e. The Bertz CT molecular complexity index is 546. The van der Waals surface area contributed by atoms with Gasteiger partial charge in [-0.25, -0.2) is 4.98 Å². The van der Waals surface area contributed by atoms with E-state index in [9.17, 15) is 0 Å². The number of nitrogens with two attached hydrogens (primary N) is 1. The van der Waals surface area contributed by atoms with E-state index >= 15 is 0 Å². The van der Waals surface area contributed by atoms with Gasteiger partial charge in [0.25, 0.3) is 0 Å². The minimum atomic E-state index is 0.595. The van der Waals surface area contributed by atoms with Crippen molar-refractivity contribution in [3.63, 3.8) is 0 Å². The number of halogens is 1. The second kappa shape index (κ2) is 5.60. The average molecular weight is 264 g/mol. The number of hydrogen-bond acceptors (Lipinski definition) is 4. The molecule has 0 saturated carbocycles. The molecule has 0 aliphatic carbocycles. The van der Waals surface area contributed by atoms with Crippen LogP contribution in [0.5, 0.6) is 5.88 Å². The molecule has 5 heteroatoms. The van der Waals surface area contributed by atoms with Gasteiger partial charge in [0.1, 0.15) is 0 Å². The topological polar surface area (TPSA) is 60.2 Å². The maximum atomic E-state index is 6.07. The molecule has 94 valence electrons. The largest absolute Gasteiger partial charge is 0.481 e. The summed E-state index contributed by atoms with van der Waals surface area (Å²) >= 11 is 6.07. The van der Waals surface area contributed by atoms with Crippen molar-refractivity contribution in [3.8, 4) is 5.88 Å². The number of nitrogen functional groups attached to an aromatic ring is 1. The molecule has 0 unspecified atom stereocenters. The summed E-state index contributed by atoms with van der Waals surface area (Å²) in [5.74, 6) is 0.595. The lowest BCUT2D eigenvalue weighted by atomic mass is 10.2. The monoisotopic (exact) mass is 263 g/mol. The number of anilines is 2. The van der Waals surface area contributed by atoms with E-state index in [0.717, 1.165) is 11.3 Å². The van der Waals surface area contributed by atoms with Crippen molar-refractivity contribution in [1.82, 2.24) is 4.98 Å². The van der Waals surface area contributed by atoms with Crippen LogP contribution in [-0.4, -0.2) is 12.1 Å². The molecule has 0 atom stereocenters. The molecule has 4 nitrogen and oxygen atoms in total. The van der Waals surface area contributed by atoms with Crippen molar-refractivity contribution >= 4 is 23.0 Å². The third-order valence-electron chi connectivity index (χ3n) is 2.48. The summed E-state index contributed by atoms with van der Waals surface area (Å²) in [5.41, 5.74) is 8.20. The van der Waals surface area contributed by atoms with Crippen LogP contribution >= 0.6 is 11.6 Å². The summed E-state index contributed by atoms with van der Waals surface area (Å²) in [6.07, 6.45) is 1.71. The van der Waals surface area contributed by atoms with E-state index in [1.807, 2.05) is 18.2 Å². The standard InChI is InChI=1S/C13H14ClN3O/c1-18-13-6-9(4-5-16-13)8-17-12-3-2-10(15)7-11(12)14/h2-7,17H,8,15H2,1H3. The van der Waals surface area contributed by atoms with Gasteiger partial charge in [-0.2, -0.15) is 0 Å². The number of hydrogen-bond donors (Lipinski definition) is 2. The molecule has 0 spiro atoms. The van der Waals surface area contributed by atoms with E-state index in [1.165, 1.54) is 0 Å². The van der Waals surface area contributed by atoms with Gasteiger partial charge < -0.3 is 15.8 Å². The molecule has 0 aliphatic rings. The van der Waals surface area contributed by atoms with Crippen LogP contribution in [0.1, 0.15) is 5.56 Å². The predicted molar refractivity (Wildman–Crippen MR) is 74.0 cm³/mol. The van der Waals surface area contributed by atoms with Crippen molar-refractivity contribution in [2.24, 2.45) is 0 Å². The van der Waals surface area contributed by atoms with Gasteiger partial charge in [-0.15, -0.1) is 0 Å². The zero-order valence-electron chi connectivity index (χ0n) is 9.98. The highest BCUT2D eigenvalue weighted by Crippen LogP contribution is 2.24. The lowest BCUT2D eigenvalue weighted by molar-refractivity contribution is 0.397. The van der Waals surface area contributed by atoms with Crippen LogP contribution in [0.15, 0.2) is 36.5 Å². The summed E-state index contributed by atoms with van der Waals surface area (Å²) in [7, 11) is 1.59. The Hall–Kier alpha value is -1.94. The average Bonchev–Trinajstić information content (AvgIpc) is 2.38. The number of pyridine rings is 1. The Kier molecular flexibility index (Phi) is 3.89. The third kappa shape index (κ3) is 3.05. The van der Waals surface area contributed by atoms with Gasteiger partial charge in [-0.3, -0.25) is 0 Å². The molecule has 0 aliphatic heterocycles. The van der Waals surface area contributed by atoms with Crippen LogP contribution in [0.25, 0.3) is 0 Å². The smallest absolute Gasteiger partial charge is 0.213 e. The summed E-state index contributed by atoms with van der Waals surface area (Å²) in [5, 5.41) is 3.84. The van der Waals surface area contributed by atoms with Crippen molar-refractivity contribution < 1.29 is 4.74 Å². The normalized spacial score (nSPS) is 10.1. The Morgan fingerprint density at radius 2 is 2.17 bits per heavy atom. The summed E-state index contributed by atoms with van der Waals surface area (Å²) in [6.45, 7) is 0.641. The highest BCUT2D eigenvalue weighted by atomic mass is 35.5. The first kappa shape index (κ1) is 12.5. The number of ether oxygens (including phenoxy) is 1. The van der Waals surface area contributed by atoms with Gasteiger partial charge in [0.2, 0.25) is 5.88 Å². The van der Waals surface area contributed by atoms with Gasteiger partial charge in [-0.1, -0.05) is 11.6 Å². The van der Waals surface area contributed by atoms with E-state index in [2.05, 4.69) is 10.3 Å². The van der Waals surface area contributed by atoms with Crippen LogP contribution in [0, 0.1) is 0 Å². The van der Waals surface area contributed by atoms with Crippen molar-refractivity contribution in [3.05, 3.63) is 47.1 Å². The molecule has 0 amide bonds.